The fourth-order valence-electron chi connectivity index (χ4n) is 1.98. The van der Waals surface area contributed by atoms with Crippen molar-refractivity contribution in [2.75, 3.05) is 0 Å². The largest absolute Gasteiger partial charge is 0.305 e. The van der Waals surface area contributed by atoms with E-state index in [0.717, 1.165) is 28.7 Å². The molecule has 1 N–H and O–H groups in total. The average molecular weight is 311 g/mol. The van der Waals surface area contributed by atoms with Gasteiger partial charge in [0.25, 0.3) is 0 Å². The van der Waals surface area contributed by atoms with Crippen LogP contribution in [-0.2, 0) is 26.6 Å². The zero-order valence-corrected chi connectivity index (χ0v) is 14.1. The van der Waals surface area contributed by atoms with E-state index in [1.54, 1.807) is 11.0 Å². The Bertz CT molecular complexity index is 607. The molecule has 116 valence electrons. The highest BCUT2D eigenvalue weighted by Crippen LogP contribution is 2.21. The van der Waals surface area contributed by atoms with Gasteiger partial charge in [-0.15, -0.1) is 0 Å². The second-order valence-electron chi connectivity index (χ2n) is 6.15. The van der Waals surface area contributed by atoms with Crippen LogP contribution in [0.25, 0.3) is 0 Å². The molecule has 0 radical (unpaired) electrons. The third kappa shape index (κ3) is 4.04. The lowest BCUT2D eigenvalue weighted by molar-refractivity contribution is 0.416. The maximum Gasteiger partial charge on any atom is 0.164 e. The van der Waals surface area contributed by atoms with Gasteiger partial charge in [0, 0.05) is 12.6 Å². The summed E-state index contributed by atoms with van der Waals surface area (Å²) in [5.74, 6) is 0.777. The van der Waals surface area contributed by atoms with Crippen molar-refractivity contribution in [2.24, 2.45) is 7.05 Å². The summed E-state index contributed by atoms with van der Waals surface area (Å²) in [4.78, 5) is 4.32. The number of hydrogen-bond donors (Lipinski definition) is 1. The van der Waals surface area contributed by atoms with Crippen molar-refractivity contribution in [1.29, 1.82) is 0 Å². The maximum atomic E-state index is 6.35. The van der Waals surface area contributed by atoms with Crippen LogP contribution in [0.2, 0.25) is 5.02 Å². The third-order valence-corrected chi connectivity index (χ3v) is 3.61. The zero-order valence-electron chi connectivity index (χ0n) is 13.3. The Labute approximate surface area is 130 Å². The minimum absolute atomic E-state index is 0.0484. The molecule has 0 saturated heterocycles. The molecule has 0 aliphatic rings. The number of rotatable bonds is 5. The van der Waals surface area contributed by atoms with Crippen LogP contribution in [0.3, 0.4) is 0 Å². The van der Waals surface area contributed by atoms with Gasteiger partial charge in [-0.1, -0.05) is 18.5 Å². The lowest BCUT2D eigenvalue weighted by atomic mass is 10.1. The third-order valence-electron chi connectivity index (χ3n) is 3.18. The molecular formula is C14H23ClN6. The number of aryl methyl sites for hydroxylation is 2. The van der Waals surface area contributed by atoms with E-state index in [1.165, 1.54) is 0 Å². The van der Waals surface area contributed by atoms with Crippen molar-refractivity contribution in [1.82, 2.24) is 29.9 Å². The monoisotopic (exact) mass is 310 g/mol. The molecule has 0 aliphatic carbocycles. The first-order chi connectivity index (χ1) is 9.80. The minimum atomic E-state index is 0.0484. The van der Waals surface area contributed by atoms with Gasteiger partial charge in [-0.05, 0) is 27.2 Å². The minimum Gasteiger partial charge on any atom is -0.305 e. The van der Waals surface area contributed by atoms with Crippen LogP contribution in [0, 0.1) is 0 Å². The van der Waals surface area contributed by atoms with Crippen LogP contribution in [0.15, 0.2) is 6.33 Å². The average Bonchev–Trinajstić information content (AvgIpc) is 2.95. The molecule has 2 rings (SSSR count). The van der Waals surface area contributed by atoms with Gasteiger partial charge in [0.15, 0.2) is 5.82 Å². The fourth-order valence-corrected chi connectivity index (χ4v) is 2.33. The van der Waals surface area contributed by atoms with E-state index >= 15 is 0 Å². The molecular weight excluding hydrogens is 288 g/mol. The standard InChI is InChI=1S/C14H23ClN6/c1-6-10-13(15)11(20(5)18-10)8-21-9-16-12(19-21)7-17-14(2,3)4/h9,17H,6-8H2,1-5H3. The summed E-state index contributed by atoms with van der Waals surface area (Å²) >= 11 is 6.35. The van der Waals surface area contributed by atoms with Gasteiger partial charge >= 0.3 is 0 Å². The first-order valence-corrected chi connectivity index (χ1v) is 7.51. The van der Waals surface area contributed by atoms with Crippen LogP contribution < -0.4 is 5.32 Å². The molecule has 0 unspecified atom stereocenters. The van der Waals surface area contributed by atoms with Crippen LogP contribution in [0.4, 0.5) is 0 Å². The van der Waals surface area contributed by atoms with Gasteiger partial charge < -0.3 is 5.32 Å². The molecule has 7 heteroatoms. The topological polar surface area (TPSA) is 60.6 Å². The molecule has 2 heterocycles. The Kier molecular flexibility index (Phi) is 4.68. The van der Waals surface area contributed by atoms with Gasteiger partial charge in [0.1, 0.15) is 6.33 Å². The number of halogens is 1. The normalized spacial score (nSPS) is 12.1. The summed E-state index contributed by atoms with van der Waals surface area (Å²) in [6.45, 7) is 9.62. The molecule has 0 bridgehead atoms. The quantitative estimate of drug-likeness (QED) is 0.919. The van der Waals surface area contributed by atoms with E-state index in [2.05, 4.69) is 41.3 Å². The van der Waals surface area contributed by atoms with Crippen LogP contribution in [-0.4, -0.2) is 30.1 Å². The fraction of sp³-hybridized carbons (Fsp3) is 0.643. The van der Waals surface area contributed by atoms with Crippen molar-refractivity contribution in [3.05, 3.63) is 28.6 Å². The Morgan fingerprint density at radius 3 is 2.57 bits per heavy atom. The number of nitrogens with one attached hydrogen (secondary N) is 1. The SMILES string of the molecule is CCc1nn(C)c(Cn2cnc(CNC(C)(C)C)n2)c1Cl. The lowest BCUT2D eigenvalue weighted by Gasteiger charge is -2.19. The second kappa shape index (κ2) is 6.15. The molecule has 0 aliphatic heterocycles. The highest BCUT2D eigenvalue weighted by molar-refractivity contribution is 6.31. The summed E-state index contributed by atoms with van der Waals surface area (Å²) in [6.07, 6.45) is 2.55. The second-order valence-corrected chi connectivity index (χ2v) is 6.52. The van der Waals surface area contributed by atoms with Gasteiger partial charge in [-0.3, -0.25) is 4.68 Å². The summed E-state index contributed by atoms with van der Waals surface area (Å²) < 4.78 is 3.61. The van der Waals surface area contributed by atoms with E-state index in [-0.39, 0.29) is 5.54 Å². The molecule has 2 aromatic rings. The van der Waals surface area contributed by atoms with E-state index in [9.17, 15) is 0 Å². The summed E-state index contributed by atoms with van der Waals surface area (Å²) in [5.41, 5.74) is 1.92. The van der Waals surface area contributed by atoms with Crippen LogP contribution >= 0.6 is 11.6 Å². The molecule has 6 nitrogen and oxygen atoms in total. The van der Waals surface area contributed by atoms with E-state index in [4.69, 9.17) is 11.6 Å². The maximum absolute atomic E-state index is 6.35. The van der Waals surface area contributed by atoms with E-state index in [1.807, 2.05) is 18.7 Å². The van der Waals surface area contributed by atoms with Crippen LogP contribution in [0.1, 0.15) is 44.9 Å². The molecule has 0 saturated carbocycles. The molecule has 0 atom stereocenters. The summed E-state index contributed by atoms with van der Waals surface area (Å²) in [5, 5.41) is 13.0. The van der Waals surface area contributed by atoms with Crippen molar-refractivity contribution < 1.29 is 0 Å². The highest BCUT2D eigenvalue weighted by Gasteiger charge is 2.15. The highest BCUT2D eigenvalue weighted by atomic mass is 35.5. The first kappa shape index (κ1) is 16.0. The summed E-state index contributed by atoms with van der Waals surface area (Å²) in [7, 11) is 1.90. The zero-order chi connectivity index (χ0) is 15.6. The van der Waals surface area contributed by atoms with Crippen molar-refractivity contribution in [3.63, 3.8) is 0 Å². The molecule has 2 aromatic heterocycles. The molecule has 0 fully saturated rings. The lowest BCUT2D eigenvalue weighted by Crippen LogP contribution is -2.35. The van der Waals surface area contributed by atoms with Gasteiger partial charge in [0.2, 0.25) is 0 Å². The number of hydrogen-bond acceptors (Lipinski definition) is 4. The first-order valence-electron chi connectivity index (χ1n) is 7.13. The van der Waals surface area contributed by atoms with Gasteiger partial charge in [-0.2, -0.15) is 10.2 Å². The predicted molar refractivity (Wildman–Crippen MR) is 83.3 cm³/mol. The van der Waals surface area contributed by atoms with Crippen molar-refractivity contribution in [2.45, 2.75) is 52.7 Å². The molecule has 0 aromatic carbocycles. The van der Waals surface area contributed by atoms with Crippen LogP contribution in [0.5, 0.6) is 0 Å². The Morgan fingerprint density at radius 1 is 1.29 bits per heavy atom. The predicted octanol–water partition coefficient (Wildman–Crippen LogP) is 2.16. The van der Waals surface area contributed by atoms with Crippen molar-refractivity contribution in [3.8, 4) is 0 Å². The van der Waals surface area contributed by atoms with Gasteiger partial charge in [0.05, 0.1) is 29.5 Å². The van der Waals surface area contributed by atoms with Crippen molar-refractivity contribution >= 4 is 11.6 Å². The summed E-state index contributed by atoms with van der Waals surface area (Å²) in [6, 6.07) is 0. The Morgan fingerprint density at radius 2 is 2.00 bits per heavy atom. The van der Waals surface area contributed by atoms with E-state index in [0.29, 0.717) is 13.1 Å². The van der Waals surface area contributed by atoms with E-state index < -0.39 is 0 Å². The van der Waals surface area contributed by atoms with Gasteiger partial charge in [-0.25, -0.2) is 9.67 Å². The molecule has 0 amide bonds. The Hall–Kier alpha value is -1.40. The Balaban J connectivity index is 2.08. The molecule has 21 heavy (non-hydrogen) atoms. The number of aromatic nitrogens is 5. The smallest absolute Gasteiger partial charge is 0.164 e. The number of nitrogens with zero attached hydrogens (tertiary/aromatic N) is 5. The molecule has 0 spiro atoms.